The molecule has 1 aliphatic heterocycles. The third-order valence-electron chi connectivity index (χ3n) is 4.95. The first-order chi connectivity index (χ1) is 13.6. The van der Waals surface area contributed by atoms with Crippen molar-refractivity contribution in [2.45, 2.75) is 25.4 Å². The van der Waals surface area contributed by atoms with Crippen molar-refractivity contribution in [3.8, 4) is 12.3 Å². The van der Waals surface area contributed by atoms with E-state index < -0.39 is 0 Å². The van der Waals surface area contributed by atoms with Crippen molar-refractivity contribution in [3.05, 3.63) is 65.7 Å². The lowest BCUT2D eigenvalue weighted by molar-refractivity contribution is -0.137. The van der Waals surface area contributed by atoms with Gasteiger partial charge in [0.2, 0.25) is 11.8 Å². The number of hydrogen-bond donors (Lipinski definition) is 1. The van der Waals surface area contributed by atoms with Crippen LogP contribution in [0, 0.1) is 12.3 Å². The molecule has 1 atom stereocenters. The molecule has 3 rings (SSSR count). The fourth-order valence-electron chi connectivity index (χ4n) is 3.55. The quantitative estimate of drug-likeness (QED) is 0.790. The van der Waals surface area contributed by atoms with Crippen LogP contribution in [0.15, 0.2) is 54.6 Å². The van der Waals surface area contributed by atoms with Gasteiger partial charge in [-0.1, -0.05) is 42.3 Å². The minimum atomic E-state index is -0.238. The number of anilines is 1. The van der Waals surface area contributed by atoms with Crippen molar-refractivity contribution in [2.75, 3.05) is 25.5 Å². The smallest absolute Gasteiger partial charge is 0.243 e. The lowest BCUT2D eigenvalue weighted by atomic mass is 10.1. The van der Waals surface area contributed by atoms with E-state index in [0.717, 1.165) is 25.9 Å². The molecule has 0 spiro atoms. The summed E-state index contributed by atoms with van der Waals surface area (Å²) in [5.41, 5.74) is 2.52. The minimum Gasteiger partial charge on any atom is -0.335 e. The van der Waals surface area contributed by atoms with E-state index in [9.17, 15) is 9.59 Å². The summed E-state index contributed by atoms with van der Waals surface area (Å²) in [7, 11) is 1.68. The highest BCUT2D eigenvalue weighted by atomic mass is 16.2. The molecule has 0 aliphatic carbocycles. The Hall–Kier alpha value is -3.10. The van der Waals surface area contributed by atoms with Crippen molar-refractivity contribution in [3.63, 3.8) is 0 Å². The second-order valence-corrected chi connectivity index (χ2v) is 7.08. The predicted molar refractivity (Wildman–Crippen MR) is 111 cm³/mol. The lowest BCUT2D eigenvalue weighted by Gasteiger charge is -2.27. The summed E-state index contributed by atoms with van der Waals surface area (Å²) in [4.78, 5) is 29.0. The van der Waals surface area contributed by atoms with Crippen molar-refractivity contribution in [2.24, 2.45) is 0 Å². The van der Waals surface area contributed by atoms with Crippen LogP contribution in [0.25, 0.3) is 0 Å². The van der Waals surface area contributed by atoms with Crippen molar-refractivity contribution < 1.29 is 9.59 Å². The SMILES string of the molecule is C#Cc1cccc(NC(=O)CN(C)C(=O)C2CCCN2Cc2ccccc2)c1. The molecule has 5 nitrogen and oxygen atoms in total. The minimum absolute atomic E-state index is 0.00872. The molecule has 0 bridgehead atoms. The number of likely N-dealkylation sites (N-methyl/N-ethyl adjacent to an activating group) is 1. The Balaban J connectivity index is 1.57. The van der Waals surface area contributed by atoms with E-state index in [1.807, 2.05) is 18.2 Å². The fourth-order valence-corrected chi connectivity index (χ4v) is 3.55. The summed E-state index contributed by atoms with van der Waals surface area (Å²) in [6.07, 6.45) is 7.20. The van der Waals surface area contributed by atoms with Gasteiger partial charge in [0.1, 0.15) is 0 Å². The van der Waals surface area contributed by atoms with E-state index >= 15 is 0 Å². The molecule has 144 valence electrons. The van der Waals surface area contributed by atoms with Crippen LogP contribution in [0.2, 0.25) is 0 Å². The molecular weight excluding hydrogens is 350 g/mol. The summed E-state index contributed by atoms with van der Waals surface area (Å²) in [5, 5.41) is 2.80. The van der Waals surface area contributed by atoms with Crippen LogP contribution in [0.1, 0.15) is 24.0 Å². The lowest BCUT2D eigenvalue weighted by Crippen LogP contribution is -2.46. The largest absolute Gasteiger partial charge is 0.335 e. The number of nitrogens with zero attached hydrogens (tertiary/aromatic N) is 2. The number of likely N-dealkylation sites (tertiary alicyclic amines) is 1. The van der Waals surface area contributed by atoms with E-state index in [0.29, 0.717) is 11.3 Å². The molecule has 1 heterocycles. The van der Waals surface area contributed by atoms with Gasteiger partial charge in [0.05, 0.1) is 12.6 Å². The summed E-state index contributed by atoms with van der Waals surface area (Å²) in [6.45, 7) is 1.65. The maximum atomic E-state index is 12.9. The molecule has 5 heteroatoms. The summed E-state index contributed by atoms with van der Waals surface area (Å²) in [6, 6.07) is 17.1. The van der Waals surface area contributed by atoms with E-state index in [4.69, 9.17) is 6.42 Å². The normalized spacial score (nSPS) is 16.4. The number of benzene rings is 2. The molecule has 2 aromatic rings. The second kappa shape index (κ2) is 9.20. The van der Waals surface area contributed by atoms with E-state index in [1.165, 1.54) is 10.5 Å². The van der Waals surface area contributed by atoms with Gasteiger partial charge in [-0.15, -0.1) is 6.42 Å². The highest BCUT2D eigenvalue weighted by molar-refractivity contribution is 5.95. The van der Waals surface area contributed by atoms with Gasteiger partial charge in [-0.05, 0) is 43.1 Å². The molecule has 0 saturated carbocycles. The number of hydrogen-bond acceptors (Lipinski definition) is 3. The maximum Gasteiger partial charge on any atom is 0.243 e. The average molecular weight is 375 g/mol. The van der Waals surface area contributed by atoms with Gasteiger partial charge in [-0.2, -0.15) is 0 Å². The van der Waals surface area contributed by atoms with Crippen molar-refractivity contribution in [1.29, 1.82) is 0 Å². The molecular formula is C23H25N3O2. The standard InChI is InChI=1S/C23H25N3O2/c1-3-18-11-7-12-20(15-18)24-22(27)17-25(2)23(28)21-13-8-14-26(21)16-19-9-5-4-6-10-19/h1,4-7,9-12,15,21H,8,13-14,16-17H2,2H3,(H,24,27). The highest BCUT2D eigenvalue weighted by Crippen LogP contribution is 2.21. The van der Waals surface area contributed by atoms with Gasteiger partial charge < -0.3 is 10.2 Å². The average Bonchev–Trinajstić information content (AvgIpc) is 3.16. The number of terminal acetylenes is 1. The monoisotopic (exact) mass is 375 g/mol. The molecule has 2 aromatic carbocycles. The van der Waals surface area contributed by atoms with Crippen LogP contribution in [0.5, 0.6) is 0 Å². The predicted octanol–water partition coefficient (Wildman–Crippen LogP) is 2.73. The third kappa shape index (κ3) is 4.99. The Morgan fingerprint density at radius 3 is 2.75 bits per heavy atom. The first-order valence-electron chi connectivity index (χ1n) is 9.46. The third-order valence-corrected chi connectivity index (χ3v) is 4.95. The zero-order chi connectivity index (χ0) is 19.9. The van der Waals surface area contributed by atoms with Crippen LogP contribution in [0.3, 0.4) is 0 Å². The molecule has 0 radical (unpaired) electrons. The number of carbonyl (C=O) groups is 2. The van der Waals surface area contributed by atoms with Gasteiger partial charge in [0.15, 0.2) is 0 Å². The first-order valence-corrected chi connectivity index (χ1v) is 9.46. The van der Waals surface area contributed by atoms with Crippen LogP contribution < -0.4 is 5.32 Å². The van der Waals surface area contributed by atoms with E-state index in [1.54, 1.807) is 31.3 Å². The van der Waals surface area contributed by atoms with Crippen LogP contribution in [0.4, 0.5) is 5.69 Å². The van der Waals surface area contributed by atoms with Gasteiger partial charge in [-0.3, -0.25) is 14.5 Å². The van der Waals surface area contributed by atoms with Gasteiger partial charge in [0.25, 0.3) is 0 Å². The first kappa shape index (κ1) is 19.7. The molecule has 1 saturated heterocycles. The summed E-state index contributed by atoms with van der Waals surface area (Å²) in [5.74, 6) is 2.29. The Labute approximate surface area is 166 Å². The second-order valence-electron chi connectivity index (χ2n) is 7.08. The Morgan fingerprint density at radius 2 is 2.00 bits per heavy atom. The number of carbonyl (C=O) groups excluding carboxylic acids is 2. The van der Waals surface area contributed by atoms with Gasteiger partial charge in [0, 0.05) is 24.8 Å². The molecule has 1 N–H and O–H groups in total. The number of amides is 2. The van der Waals surface area contributed by atoms with Crippen molar-refractivity contribution >= 4 is 17.5 Å². The maximum absolute atomic E-state index is 12.9. The summed E-state index contributed by atoms with van der Waals surface area (Å²) < 4.78 is 0. The molecule has 28 heavy (non-hydrogen) atoms. The zero-order valence-electron chi connectivity index (χ0n) is 16.1. The van der Waals surface area contributed by atoms with E-state index in [2.05, 4.69) is 28.3 Å². The van der Waals surface area contributed by atoms with E-state index in [-0.39, 0.29) is 24.4 Å². The molecule has 1 fully saturated rings. The Kier molecular flexibility index (Phi) is 6.46. The summed E-state index contributed by atoms with van der Waals surface area (Å²) >= 11 is 0. The van der Waals surface area contributed by atoms with Crippen LogP contribution in [-0.4, -0.2) is 47.8 Å². The van der Waals surface area contributed by atoms with Gasteiger partial charge in [-0.25, -0.2) is 0 Å². The van der Waals surface area contributed by atoms with Gasteiger partial charge >= 0.3 is 0 Å². The number of nitrogens with one attached hydrogen (secondary N) is 1. The zero-order valence-corrected chi connectivity index (χ0v) is 16.1. The number of rotatable bonds is 6. The van der Waals surface area contributed by atoms with Crippen molar-refractivity contribution in [1.82, 2.24) is 9.80 Å². The Bertz CT molecular complexity index is 873. The molecule has 1 aliphatic rings. The Morgan fingerprint density at radius 1 is 1.21 bits per heavy atom. The van der Waals surface area contributed by atoms with Crippen LogP contribution in [-0.2, 0) is 16.1 Å². The fraction of sp³-hybridized carbons (Fsp3) is 0.304. The molecule has 2 amide bonds. The highest BCUT2D eigenvalue weighted by Gasteiger charge is 2.32. The topological polar surface area (TPSA) is 52.7 Å². The van der Waals surface area contributed by atoms with Crippen LogP contribution >= 0.6 is 0 Å². The molecule has 0 aromatic heterocycles. The molecule has 1 unspecified atom stereocenters.